The molecule has 13 heteroatoms. The predicted octanol–water partition coefficient (Wildman–Crippen LogP) is 3.37. The van der Waals surface area contributed by atoms with Crippen LogP contribution < -0.4 is 14.3 Å². The van der Waals surface area contributed by atoms with Crippen molar-refractivity contribution in [1.82, 2.24) is 13.6 Å². The number of hydrogen-bond donors (Lipinski definition) is 1. The van der Waals surface area contributed by atoms with Crippen LogP contribution in [0.1, 0.15) is 5.56 Å². The summed E-state index contributed by atoms with van der Waals surface area (Å²) in [5.74, 6) is 0.408. The third-order valence-electron chi connectivity index (χ3n) is 5.47. The molecule has 196 valence electrons. The molecule has 0 unspecified atom stereocenters. The van der Waals surface area contributed by atoms with Gasteiger partial charge >= 0.3 is 4.87 Å². The van der Waals surface area contributed by atoms with Gasteiger partial charge in [-0.25, -0.2) is 25.9 Å². The zero-order valence-electron chi connectivity index (χ0n) is 19.9. The molecule has 4 rings (SSSR count). The Morgan fingerprint density at radius 1 is 0.946 bits per heavy atom. The molecule has 0 radical (unpaired) electrons. The normalized spacial score (nSPS) is 12.3. The molecule has 37 heavy (non-hydrogen) atoms. The molecule has 3 aromatic carbocycles. The maximum Gasteiger partial charge on any atom is 0.308 e. The number of ether oxygens (including phenoxy) is 1. The van der Waals surface area contributed by atoms with Gasteiger partial charge in [-0.05, 0) is 60.2 Å². The summed E-state index contributed by atoms with van der Waals surface area (Å²) in [5, 5.41) is 0.604. The first kappa shape index (κ1) is 27.3. The van der Waals surface area contributed by atoms with Crippen molar-refractivity contribution in [2.45, 2.75) is 16.3 Å². The van der Waals surface area contributed by atoms with Crippen molar-refractivity contribution in [3.63, 3.8) is 0 Å². The van der Waals surface area contributed by atoms with Crippen LogP contribution in [0.15, 0.2) is 81.3 Å². The van der Waals surface area contributed by atoms with Gasteiger partial charge in [-0.2, -0.15) is 0 Å². The highest BCUT2D eigenvalue weighted by molar-refractivity contribution is 7.89. The first-order chi connectivity index (χ1) is 17.5. The summed E-state index contributed by atoms with van der Waals surface area (Å²) >= 11 is 6.91. The van der Waals surface area contributed by atoms with Gasteiger partial charge in [0, 0.05) is 25.7 Å². The molecule has 1 aromatic heterocycles. The summed E-state index contributed by atoms with van der Waals surface area (Å²) in [6, 6.07) is 17.6. The molecule has 0 aliphatic carbocycles. The van der Waals surface area contributed by atoms with Gasteiger partial charge in [0.15, 0.2) is 0 Å². The van der Waals surface area contributed by atoms with E-state index in [9.17, 15) is 21.6 Å². The molecule has 1 N–H and O–H groups in total. The average molecular weight is 582 g/mol. The lowest BCUT2D eigenvalue weighted by Gasteiger charge is -2.12. The number of sulfonamides is 2. The van der Waals surface area contributed by atoms with Crippen LogP contribution in [0.5, 0.6) is 5.75 Å². The fourth-order valence-corrected chi connectivity index (χ4v) is 6.55. The molecule has 1 heterocycles. The summed E-state index contributed by atoms with van der Waals surface area (Å²) in [6.07, 6.45) is 0. The van der Waals surface area contributed by atoms with E-state index in [0.29, 0.717) is 27.5 Å². The number of hydrogen-bond acceptors (Lipinski definition) is 7. The highest BCUT2D eigenvalue weighted by Gasteiger charge is 2.18. The van der Waals surface area contributed by atoms with Gasteiger partial charge in [0.05, 0.1) is 26.6 Å². The number of rotatable bonds is 10. The van der Waals surface area contributed by atoms with Crippen molar-refractivity contribution in [3.05, 3.63) is 87.0 Å². The van der Waals surface area contributed by atoms with E-state index in [1.807, 2.05) is 12.1 Å². The minimum absolute atomic E-state index is 0.00800. The lowest BCUT2D eigenvalue weighted by molar-refractivity contribution is 0.322. The molecule has 0 amide bonds. The number of benzene rings is 3. The van der Waals surface area contributed by atoms with Gasteiger partial charge < -0.3 is 4.74 Å². The Bertz CT molecular complexity index is 1680. The minimum Gasteiger partial charge on any atom is -0.492 e. The monoisotopic (exact) mass is 581 g/mol. The van der Waals surface area contributed by atoms with E-state index in [2.05, 4.69) is 4.72 Å². The summed E-state index contributed by atoms with van der Waals surface area (Å²) in [4.78, 5) is 12.5. The van der Waals surface area contributed by atoms with Gasteiger partial charge in [0.25, 0.3) is 0 Å². The van der Waals surface area contributed by atoms with Crippen LogP contribution in [0, 0.1) is 0 Å². The molecule has 9 nitrogen and oxygen atoms in total. The smallest absolute Gasteiger partial charge is 0.308 e. The van der Waals surface area contributed by atoms with Crippen molar-refractivity contribution in [3.8, 4) is 5.75 Å². The topological polar surface area (TPSA) is 115 Å². The third kappa shape index (κ3) is 6.22. The van der Waals surface area contributed by atoms with Gasteiger partial charge in [-0.1, -0.05) is 35.1 Å². The van der Waals surface area contributed by atoms with Gasteiger partial charge in [0.1, 0.15) is 12.4 Å². The largest absolute Gasteiger partial charge is 0.492 e. The first-order valence-electron chi connectivity index (χ1n) is 11.0. The van der Waals surface area contributed by atoms with Crippen LogP contribution in [-0.2, 0) is 26.6 Å². The van der Waals surface area contributed by atoms with Crippen molar-refractivity contribution < 1.29 is 21.6 Å². The van der Waals surface area contributed by atoms with Crippen LogP contribution in [0.4, 0.5) is 0 Å². The molecule has 0 atom stereocenters. The Morgan fingerprint density at radius 3 is 2.24 bits per heavy atom. The van der Waals surface area contributed by atoms with Crippen LogP contribution in [0.3, 0.4) is 0 Å². The van der Waals surface area contributed by atoms with Crippen LogP contribution >= 0.6 is 22.9 Å². The second kappa shape index (κ2) is 10.9. The van der Waals surface area contributed by atoms with Crippen LogP contribution in [-0.4, -0.2) is 53.0 Å². The van der Waals surface area contributed by atoms with Crippen molar-refractivity contribution in [1.29, 1.82) is 0 Å². The van der Waals surface area contributed by atoms with Crippen LogP contribution in [0.2, 0.25) is 5.02 Å². The lowest BCUT2D eigenvalue weighted by Crippen LogP contribution is -2.28. The standard InChI is InChI=1S/C24H24ClN3O6S3/c1-27(2)37(32,33)20-9-7-19(8-10-20)34-14-13-26-36(30,31)21-11-12-22-23(15-21)35-24(29)28(22)16-17-3-5-18(25)6-4-17/h3-12,15,26H,13-14,16H2,1-2H3. The van der Waals surface area contributed by atoms with E-state index in [1.165, 1.54) is 50.5 Å². The number of halogens is 1. The highest BCUT2D eigenvalue weighted by Crippen LogP contribution is 2.23. The Hall–Kier alpha value is -2.74. The second-order valence-electron chi connectivity index (χ2n) is 8.22. The Labute approximate surface area is 224 Å². The Morgan fingerprint density at radius 2 is 1.59 bits per heavy atom. The van der Waals surface area contributed by atoms with E-state index in [1.54, 1.807) is 22.8 Å². The first-order valence-corrected chi connectivity index (χ1v) is 15.1. The molecule has 0 aliphatic heterocycles. The highest BCUT2D eigenvalue weighted by atomic mass is 35.5. The average Bonchev–Trinajstić information content (AvgIpc) is 3.17. The Kier molecular flexibility index (Phi) is 8.07. The molecule has 0 aliphatic rings. The van der Waals surface area contributed by atoms with Gasteiger partial charge in [-0.15, -0.1) is 0 Å². The predicted molar refractivity (Wildman–Crippen MR) is 145 cm³/mol. The second-order valence-corrected chi connectivity index (χ2v) is 13.6. The molecule has 0 saturated heterocycles. The molecule has 0 spiro atoms. The number of fused-ring (bicyclic) bond motifs is 1. The van der Waals surface area contributed by atoms with Crippen molar-refractivity contribution >= 4 is 53.2 Å². The van der Waals surface area contributed by atoms with E-state index >= 15 is 0 Å². The van der Waals surface area contributed by atoms with E-state index in [4.69, 9.17) is 16.3 Å². The molecule has 0 saturated carbocycles. The quantitative estimate of drug-likeness (QED) is 0.287. The molecule has 0 fully saturated rings. The minimum atomic E-state index is -3.84. The fourth-order valence-electron chi connectivity index (χ4n) is 3.48. The fraction of sp³-hybridized carbons (Fsp3) is 0.208. The Balaban J connectivity index is 1.39. The van der Waals surface area contributed by atoms with E-state index in [-0.39, 0.29) is 27.8 Å². The molecular weight excluding hydrogens is 558 g/mol. The molecule has 0 bridgehead atoms. The zero-order valence-corrected chi connectivity index (χ0v) is 23.1. The van der Waals surface area contributed by atoms with E-state index < -0.39 is 20.0 Å². The van der Waals surface area contributed by atoms with Gasteiger partial charge in [0.2, 0.25) is 20.0 Å². The van der Waals surface area contributed by atoms with Crippen molar-refractivity contribution in [2.24, 2.45) is 0 Å². The summed E-state index contributed by atoms with van der Waals surface area (Å²) < 4.78 is 61.1. The number of nitrogens with zero attached hydrogens (tertiary/aromatic N) is 2. The number of nitrogens with one attached hydrogen (secondary N) is 1. The third-order valence-corrected chi connectivity index (χ3v) is 9.95. The van der Waals surface area contributed by atoms with Gasteiger partial charge in [-0.3, -0.25) is 9.36 Å². The number of thiazole rings is 1. The zero-order chi connectivity index (χ0) is 26.8. The summed E-state index contributed by atoms with van der Waals surface area (Å²) in [5.41, 5.74) is 1.55. The maximum atomic E-state index is 12.8. The van der Waals surface area contributed by atoms with Crippen LogP contribution in [0.25, 0.3) is 10.2 Å². The summed E-state index contributed by atoms with van der Waals surface area (Å²) in [7, 11) is -4.49. The SMILES string of the molecule is CN(C)S(=O)(=O)c1ccc(OCCNS(=O)(=O)c2ccc3c(c2)sc(=O)n3Cc2ccc(Cl)cc2)cc1. The number of aromatic nitrogens is 1. The molecule has 4 aromatic rings. The molecular formula is C24H24ClN3O6S3. The van der Waals surface area contributed by atoms with E-state index in [0.717, 1.165) is 21.2 Å². The van der Waals surface area contributed by atoms with Crippen molar-refractivity contribution in [2.75, 3.05) is 27.2 Å². The maximum absolute atomic E-state index is 12.8. The summed E-state index contributed by atoms with van der Waals surface area (Å²) in [6.45, 7) is 0.373. The lowest BCUT2D eigenvalue weighted by atomic mass is 10.2.